The molecule has 0 radical (unpaired) electrons. The van der Waals surface area contributed by atoms with Gasteiger partial charge in [0.2, 0.25) is 0 Å². The number of rotatable bonds is 5. The lowest BCUT2D eigenvalue weighted by atomic mass is 10.1. The summed E-state index contributed by atoms with van der Waals surface area (Å²) in [5, 5.41) is 6.41. The van der Waals surface area contributed by atoms with Crippen LogP contribution in [0.1, 0.15) is 43.0 Å². The Morgan fingerprint density at radius 1 is 1.35 bits per heavy atom. The van der Waals surface area contributed by atoms with Gasteiger partial charge < -0.3 is 15.4 Å². The highest BCUT2D eigenvalue weighted by atomic mass is 16.5. The van der Waals surface area contributed by atoms with E-state index in [2.05, 4.69) is 10.6 Å². The van der Waals surface area contributed by atoms with Gasteiger partial charge in [-0.1, -0.05) is 13.0 Å². The van der Waals surface area contributed by atoms with Gasteiger partial charge in [-0.15, -0.1) is 0 Å². The minimum absolute atomic E-state index is 0.000278. The highest BCUT2D eigenvalue weighted by Gasteiger charge is 2.13. The second-order valence-corrected chi connectivity index (χ2v) is 5.22. The van der Waals surface area contributed by atoms with Crippen molar-refractivity contribution < 1.29 is 9.53 Å². The predicted molar refractivity (Wildman–Crippen MR) is 81.1 cm³/mol. The van der Waals surface area contributed by atoms with Crippen LogP contribution in [0, 0.1) is 0 Å². The average Bonchev–Trinajstić information content (AvgIpc) is 2.73. The number of anilines is 1. The van der Waals surface area contributed by atoms with Gasteiger partial charge in [-0.05, 0) is 43.9 Å². The van der Waals surface area contributed by atoms with Crippen molar-refractivity contribution in [1.29, 1.82) is 0 Å². The van der Waals surface area contributed by atoms with Gasteiger partial charge in [-0.2, -0.15) is 0 Å². The fraction of sp³-hybridized carbons (Fsp3) is 0.562. The number of amides is 1. The van der Waals surface area contributed by atoms with Crippen LogP contribution in [0.15, 0.2) is 24.3 Å². The first kappa shape index (κ1) is 14.9. The summed E-state index contributed by atoms with van der Waals surface area (Å²) in [5.41, 5.74) is 1.73. The summed E-state index contributed by atoms with van der Waals surface area (Å²) >= 11 is 0. The van der Waals surface area contributed by atoms with E-state index in [0.717, 1.165) is 51.1 Å². The number of carbonyl (C=O) groups is 1. The Kier molecular flexibility index (Phi) is 5.87. The number of ether oxygens (including phenoxy) is 1. The molecule has 1 aromatic carbocycles. The second kappa shape index (κ2) is 7.90. The zero-order chi connectivity index (χ0) is 14.2. The molecule has 0 aromatic heterocycles. The third kappa shape index (κ3) is 4.53. The molecule has 110 valence electrons. The first-order chi connectivity index (χ1) is 9.79. The fourth-order valence-corrected chi connectivity index (χ4v) is 2.37. The first-order valence-electron chi connectivity index (χ1n) is 7.52. The summed E-state index contributed by atoms with van der Waals surface area (Å²) in [4.78, 5) is 11.9. The van der Waals surface area contributed by atoms with Crippen LogP contribution in [0.4, 0.5) is 5.69 Å². The van der Waals surface area contributed by atoms with E-state index in [1.54, 1.807) is 0 Å². The Balaban J connectivity index is 1.96. The van der Waals surface area contributed by atoms with E-state index in [4.69, 9.17) is 4.74 Å². The number of nitrogens with one attached hydrogen (secondary N) is 2. The summed E-state index contributed by atoms with van der Waals surface area (Å²) in [5.74, 6) is -0.000278. The van der Waals surface area contributed by atoms with Crippen molar-refractivity contribution in [3.8, 4) is 0 Å². The van der Waals surface area contributed by atoms with Gasteiger partial charge in [-0.3, -0.25) is 4.79 Å². The number of hydrogen-bond donors (Lipinski definition) is 2. The van der Waals surface area contributed by atoms with Crippen LogP contribution in [0.3, 0.4) is 0 Å². The molecule has 2 rings (SSSR count). The van der Waals surface area contributed by atoms with E-state index in [0.29, 0.717) is 11.6 Å². The Morgan fingerprint density at radius 2 is 2.25 bits per heavy atom. The fourth-order valence-electron chi connectivity index (χ4n) is 2.37. The Morgan fingerprint density at radius 3 is 3.10 bits per heavy atom. The Hall–Kier alpha value is -1.55. The van der Waals surface area contributed by atoms with Crippen molar-refractivity contribution in [3.05, 3.63) is 29.8 Å². The molecule has 0 saturated carbocycles. The van der Waals surface area contributed by atoms with E-state index in [1.165, 1.54) is 0 Å². The van der Waals surface area contributed by atoms with Crippen LogP contribution in [0.25, 0.3) is 0 Å². The third-order valence-corrected chi connectivity index (χ3v) is 3.48. The second-order valence-electron chi connectivity index (χ2n) is 5.22. The summed E-state index contributed by atoms with van der Waals surface area (Å²) in [7, 11) is 0. The molecule has 1 heterocycles. The lowest BCUT2D eigenvalue weighted by Gasteiger charge is -2.17. The molecule has 1 aliphatic rings. The molecule has 1 saturated heterocycles. The van der Waals surface area contributed by atoms with Crippen LogP contribution >= 0.6 is 0 Å². The van der Waals surface area contributed by atoms with Gasteiger partial charge in [0.05, 0.1) is 0 Å². The summed E-state index contributed by atoms with van der Waals surface area (Å²) in [6, 6.07) is 8.16. The number of carbonyl (C=O) groups excluding carboxylic acids is 1. The molecule has 4 nitrogen and oxygen atoms in total. The average molecular weight is 276 g/mol. The maximum atomic E-state index is 11.9. The van der Waals surface area contributed by atoms with Crippen LogP contribution in [-0.4, -0.2) is 31.7 Å². The summed E-state index contributed by atoms with van der Waals surface area (Å²) in [6.45, 7) is 4.44. The van der Waals surface area contributed by atoms with E-state index in [1.807, 2.05) is 31.2 Å². The maximum absolute atomic E-state index is 11.9. The molecule has 1 atom stereocenters. The summed E-state index contributed by atoms with van der Waals surface area (Å²) < 4.78 is 5.46. The monoisotopic (exact) mass is 276 g/mol. The zero-order valence-corrected chi connectivity index (χ0v) is 12.2. The quantitative estimate of drug-likeness (QED) is 0.869. The van der Waals surface area contributed by atoms with Crippen molar-refractivity contribution in [2.45, 2.75) is 38.6 Å². The van der Waals surface area contributed by atoms with E-state index in [9.17, 15) is 4.79 Å². The molecule has 1 aliphatic heterocycles. The van der Waals surface area contributed by atoms with E-state index >= 15 is 0 Å². The SMILES string of the molecule is CCCNC(=O)c1cccc(NC2CCCOCC2)c1. The first-order valence-corrected chi connectivity index (χ1v) is 7.52. The van der Waals surface area contributed by atoms with Crippen LogP contribution in [-0.2, 0) is 4.74 Å². The van der Waals surface area contributed by atoms with Crippen molar-refractivity contribution in [1.82, 2.24) is 5.32 Å². The molecular formula is C16H24N2O2. The normalized spacial score (nSPS) is 19.1. The molecule has 0 bridgehead atoms. The largest absolute Gasteiger partial charge is 0.382 e. The van der Waals surface area contributed by atoms with Gasteiger partial charge >= 0.3 is 0 Å². The molecule has 20 heavy (non-hydrogen) atoms. The minimum atomic E-state index is -0.000278. The highest BCUT2D eigenvalue weighted by molar-refractivity contribution is 5.95. The highest BCUT2D eigenvalue weighted by Crippen LogP contribution is 2.17. The Labute approximate surface area is 120 Å². The molecule has 4 heteroatoms. The number of benzene rings is 1. The standard InChI is InChI=1S/C16H24N2O2/c1-2-9-17-16(19)13-5-3-6-15(12-13)18-14-7-4-10-20-11-8-14/h3,5-6,12,14,18H,2,4,7-11H2,1H3,(H,17,19). The van der Waals surface area contributed by atoms with Crippen molar-refractivity contribution in [2.75, 3.05) is 25.1 Å². The van der Waals surface area contributed by atoms with Crippen molar-refractivity contribution in [2.24, 2.45) is 0 Å². The molecule has 1 fully saturated rings. The van der Waals surface area contributed by atoms with Gasteiger partial charge in [0.25, 0.3) is 5.91 Å². The molecule has 1 aromatic rings. The lowest BCUT2D eigenvalue weighted by molar-refractivity contribution is 0.0953. The maximum Gasteiger partial charge on any atom is 0.251 e. The molecule has 0 aliphatic carbocycles. The van der Waals surface area contributed by atoms with Gasteiger partial charge in [-0.25, -0.2) is 0 Å². The van der Waals surface area contributed by atoms with Gasteiger partial charge in [0.1, 0.15) is 0 Å². The third-order valence-electron chi connectivity index (χ3n) is 3.48. The molecule has 2 N–H and O–H groups in total. The number of hydrogen-bond acceptors (Lipinski definition) is 3. The molecule has 0 spiro atoms. The smallest absolute Gasteiger partial charge is 0.251 e. The summed E-state index contributed by atoms with van der Waals surface area (Å²) in [6.07, 6.45) is 4.18. The van der Waals surface area contributed by atoms with Crippen LogP contribution in [0.5, 0.6) is 0 Å². The van der Waals surface area contributed by atoms with Crippen LogP contribution < -0.4 is 10.6 Å². The minimum Gasteiger partial charge on any atom is -0.382 e. The molecular weight excluding hydrogens is 252 g/mol. The van der Waals surface area contributed by atoms with Gasteiger partial charge in [0.15, 0.2) is 0 Å². The molecule has 1 amide bonds. The predicted octanol–water partition coefficient (Wildman–Crippen LogP) is 2.81. The van der Waals surface area contributed by atoms with Crippen LogP contribution in [0.2, 0.25) is 0 Å². The molecule has 1 unspecified atom stereocenters. The Bertz CT molecular complexity index is 426. The topological polar surface area (TPSA) is 50.4 Å². The van der Waals surface area contributed by atoms with E-state index in [-0.39, 0.29) is 5.91 Å². The van der Waals surface area contributed by atoms with E-state index < -0.39 is 0 Å². The lowest BCUT2D eigenvalue weighted by Crippen LogP contribution is -2.24. The van der Waals surface area contributed by atoms with Crippen molar-refractivity contribution in [3.63, 3.8) is 0 Å². The van der Waals surface area contributed by atoms with Gasteiger partial charge in [0, 0.05) is 37.1 Å². The van der Waals surface area contributed by atoms with Crippen molar-refractivity contribution >= 4 is 11.6 Å². The zero-order valence-electron chi connectivity index (χ0n) is 12.2.